The van der Waals surface area contributed by atoms with Gasteiger partial charge in [0, 0.05) is 5.69 Å². The maximum Gasteiger partial charge on any atom is 0.310 e. The summed E-state index contributed by atoms with van der Waals surface area (Å²) in [4.78, 5) is 23.8. The molecule has 5 heteroatoms. The number of carbonyl (C=O) groups excluding carboxylic acids is 1. The number of carboxylic acids is 1. The minimum atomic E-state index is -0.993. The standard InChI is InChI=1S/C17H19NO4/c1-9(2)10-3-5-11(6-4-10)18-16(19)14-12-7-8-13(22-12)15(14)17(20)21/h3-9,12-15H,1-2H3,(H,18,19)(H,20,21)/t12-,13-,14+,15-/m1/s1. The number of aliphatic carboxylic acids is 1. The summed E-state index contributed by atoms with van der Waals surface area (Å²) in [6.07, 6.45) is 2.56. The summed E-state index contributed by atoms with van der Waals surface area (Å²) < 4.78 is 5.52. The van der Waals surface area contributed by atoms with Gasteiger partial charge in [-0.25, -0.2) is 0 Å². The van der Waals surface area contributed by atoms with E-state index in [1.165, 1.54) is 5.56 Å². The second-order valence-corrected chi connectivity index (χ2v) is 6.11. The molecule has 2 aliphatic rings. The van der Waals surface area contributed by atoms with Gasteiger partial charge in [0.05, 0.1) is 18.1 Å². The lowest BCUT2D eigenvalue weighted by molar-refractivity contribution is -0.145. The van der Waals surface area contributed by atoms with Crippen LogP contribution in [0.3, 0.4) is 0 Å². The lowest BCUT2D eigenvalue weighted by atomic mass is 9.82. The number of nitrogens with one attached hydrogen (secondary N) is 1. The van der Waals surface area contributed by atoms with Crippen LogP contribution in [-0.2, 0) is 14.3 Å². The Morgan fingerprint density at radius 2 is 1.68 bits per heavy atom. The van der Waals surface area contributed by atoms with Crippen molar-refractivity contribution in [2.75, 3.05) is 5.32 Å². The number of hydrogen-bond acceptors (Lipinski definition) is 3. The molecule has 2 heterocycles. The van der Waals surface area contributed by atoms with Crippen LogP contribution in [0.5, 0.6) is 0 Å². The van der Waals surface area contributed by atoms with Crippen molar-refractivity contribution in [1.29, 1.82) is 0 Å². The molecule has 0 unspecified atom stereocenters. The summed E-state index contributed by atoms with van der Waals surface area (Å²) in [7, 11) is 0. The Bertz CT molecular complexity index is 620. The summed E-state index contributed by atoms with van der Waals surface area (Å²) in [5, 5.41) is 12.1. The number of carbonyl (C=O) groups is 2. The Balaban J connectivity index is 1.74. The molecular formula is C17H19NO4. The second-order valence-electron chi connectivity index (χ2n) is 6.11. The fourth-order valence-electron chi connectivity index (χ4n) is 3.09. The van der Waals surface area contributed by atoms with Crippen LogP contribution in [0.25, 0.3) is 0 Å². The second kappa shape index (κ2) is 5.57. The van der Waals surface area contributed by atoms with E-state index in [4.69, 9.17) is 4.74 Å². The van der Waals surface area contributed by atoms with Crippen molar-refractivity contribution in [2.45, 2.75) is 32.0 Å². The quantitative estimate of drug-likeness (QED) is 0.837. The van der Waals surface area contributed by atoms with E-state index in [0.29, 0.717) is 11.6 Å². The van der Waals surface area contributed by atoms with Crippen molar-refractivity contribution in [1.82, 2.24) is 0 Å². The predicted molar refractivity (Wildman–Crippen MR) is 81.6 cm³/mol. The van der Waals surface area contributed by atoms with Gasteiger partial charge in [0.25, 0.3) is 0 Å². The molecule has 22 heavy (non-hydrogen) atoms. The molecule has 1 fully saturated rings. The lowest BCUT2D eigenvalue weighted by Gasteiger charge is -2.21. The average Bonchev–Trinajstić information content (AvgIpc) is 3.08. The van der Waals surface area contributed by atoms with Gasteiger partial charge in [0.15, 0.2) is 0 Å². The topological polar surface area (TPSA) is 75.6 Å². The summed E-state index contributed by atoms with van der Waals surface area (Å²) >= 11 is 0. The van der Waals surface area contributed by atoms with E-state index < -0.39 is 30.0 Å². The summed E-state index contributed by atoms with van der Waals surface area (Å²) in [5.41, 5.74) is 1.86. The minimum absolute atomic E-state index is 0.304. The van der Waals surface area contributed by atoms with Crippen molar-refractivity contribution in [3.05, 3.63) is 42.0 Å². The van der Waals surface area contributed by atoms with E-state index in [1.807, 2.05) is 24.3 Å². The van der Waals surface area contributed by atoms with Crippen LogP contribution in [0.1, 0.15) is 25.3 Å². The SMILES string of the molecule is CC(C)c1ccc(NC(=O)[C@@H]2[C@H](C(=O)O)[C@H]3C=C[C@H]2O3)cc1. The van der Waals surface area contributed by atoms with Crippen LogP contribution in [0.15, 0.2) is 36.4 Å². The third kappa shape index (κ3) is 2.52. The minimum Gasteiger partial charge on any atom is -0.481 e. The number of ether oxygens (including phenoxy) is 1. The van der Waals surface area contributed by atoms with Gasteiger partial charge in [-0.3, -0.25) is 9.59 Å². The van der Waals surface area contributed by atoms with Crippen LogP contribution < -0.4 is 5.32 Å². The Labute approximate surface area is 129 Å². The molecule has 1 saturated heterocycles. The first-order valence-corrected chi connectivity index (χ1v) is 7.45. The van der Waals surface area contributed by atoms with Gasteiger partial charge in [-0.15, -0.1) is 0 Å². The van der Waals surface area contributed by atoms with Crippen molar-refractivity contribution < 1.29 is 19.4 Å². The molecule has 116 valence electrons. The highest BCUT2D eigenvalue weighted by molar-refractivity contribution is 5.96. The molecule has 1 aromatic carbocycles. The maximum atomic E-state index is 12.4. The number of rotatable bonds is 4. The third-order valence-electron chi connectivity index (χ3n) is 4.33. The fraction of sp³-hybridized carbons (Fsp3) is 0.412. The zero-order valence-electron chi connectivity index (χ0n) is 12.5. The number of hydrogen-bond donors (Lipinski definition) is 2. The van der Waals surface area contributed by atoms with Crippen molar-refractivity contribution in [2.24, 2.45) is 11.8 Å². The molecule has 2 aliphatic heterocycles. The highest BCUT2D eigenvalue weighted by Gasteiger charge is 2.53. The van der Waals surface area contributed by atoms with E-state index in [0.717, 1.165) is 0 Å². The number of fused-ring (bicyclic) bond motifs is 2. The van der Waals surface area contributed by atoms with Gasteiger partial charge < -0.3 is 15.2 Å². The van der Waals surface area contributed by atoms with E-state index in [1.54, 1.807) is 12.2 Å². The molecule has 1 aromatic rings. The monoisotopic (exact) mass is 301 g/mol. The van der Waals surface area contributed by atoms with Crippen molar-refractivity contribution in [3.8, 4) is 0 Å². The molecule has 1 amide bonds. The molecule has 3 rings (SSSR count). The Morgan fingerprint density at radius 3 is 2.23 bits per heavy atom. The molecule has 2 bridgehead atoms. The summed E-state index contributed by atoms with van der Waals surface area (Å²) in [6.45, 7) is 4.20. The molecule has 0 aliphatic carbocycles. The largest absolute Gasteiger partial charge is 0.481 e. The van der Waals surface area contributed by atoms with Gasteiger partial charge in [0.2, 0.25) is 5.91 Å². The lowest BCUT2D eigenvalue weighted by Crippen LogP contribution is -2.39. The number of amides is 1. The summed E-state index contributed by atoms with van der Waals surface area (Å²) in [5.74, 6) is -2.37. The molecule has 0 saturated carbocycles. The van der Waals surface area contributed by atoms with Crippen LogP contribution >= 0.6 is 0 Å². The third-order valence-corrected chi connectivity index (χ3v) is 4.33. The van der Waals surface area contributed by atoms with E-state index in [2.05, 4.69) is 19.2 Å². The van der Waals surface area contributed by atoms with Crippen molar-refractivity contribution >= 4 is 17.6 Å². The highest BCUT2D eigenvalue weighted by atomic mass is 16.5. The predicted octanol–water partition coefficient (Wildman–Crippen LogP) is 2.40. The van der Waals surface area contributed by atoms with Crippen LogP contribution in [-0.4, -0.2) is 29.2 Å². The number of benzene rings is 1. The van der Waals surface area contributed by atoms with Crippen molar-refractivity contribution in [3.63, 3.8) is 0 Å². The average molecular weight is 301 g/mol. The van der Waals surface area contributed by atoms with E-state index in [9.17, 15) is 14.7 Å². The first-order chi connectivity index (χ1) is 10.5. The molecule has 0 radical (unpaired) electrons. The van der Waals surface area contributed by atoms with Crippen LogP contribution in [0, 0.1) is 11.8 Å². The number of carboxylic acid groups (broad SMARTS) is 1. The van der Waals surface area contributed by atoms with Crippen LogP contribution in [0.4, 0.5) is 5.69 Å². The van der Waals surface area contributed by atoms with Gasteiger partial charge in [-0.2, -0.15) is 0 Å². The first-order valence-electron chi connectivity index (χ1n) is 7.45. The Kier molecular flexibility index (Phi) is 3.74. The number of anilines is 1. The normalized spacial score (nSPS) is 29.0. The molecule has 5 nitrogen and oxygen atoms in total. The molecule has 0 aromatic heterocycles. The Morgan fingerprint density at radius 1 is 1.09 bits per heavy atom. The Hall–Kier alpha value is -2.14. The zero-order valence-corrected chi connectivity index (χ0v) is 12.5. The zero-order chi connectivity index (χ0) is 15.9. The molecule has 4 atom stereocenters. The highest BCUT2D eigenvalue weighted by Crippen LogP contribution is 2.39. The smallest absolute Gasteiger partial charge is 0.310 e. The van der Waals surface area contributed by atoms with E-state index in [-0.39, 0.29) is 5.91 Å². The summed E-state index contributed by atoms with van der Waals surface area (Å²) in [6, 6.07) is 7.61. The molecule has 2 N–H and O–H groups in total. The van der Waals surface area contributed by atoms with Gasteiger partial charge >= 0.3 is 5.97 Å². The fourth-order valence-corrected chi connectivity index (χ4v) is 3.09. The van der Waals surface area contributed by atoms with Gasteiger partial charge in [0.1, 0.15) is 5.92 Å². The first kappa shape index (κ1) is 14.8. The molecular weight excluding hydrogens is 282 g/mol. The maximum absolute atomic E-state index is 12.4. The molecule has 0 spiro atoms. The van der Waals surface area contributed by atoms with Gasteiger partial charge in [-0.05, 0) is 23.6 Å². The van der Waals surface area contributed by atoms with Gasteiger partial charge in [-0.1, -0.05) is 38.1 Å². The van der Waals surface area contributed by atoms with E-state index >= 15 is 0 Å². The van der Waals surface area contributed by atoms with Crippen LogP contribution in [0.2, 0.25) is 0 Å².